The van der Waals surface area contributed by atoms with Gasteiger partial charge >= 0.3 is 6.09 Å². The lowest BCUT2D eigenvalue weighted by Gasteiger charge is -2.34. The zero-order valence-electron chi connectivity index (χ0n) is 20.2. The highest BCUT2D eigenvalue weighted by Crippen LogP contribution is 2.36. The zero-order chi connectivity index (χ0) is 25.3. The monoisotopic (exact) mass is 506 g/mol. The van der Waals surface area contributed by atoms with Gasteiger partial charge in [-0.2, -0.15) is 0 Å². The van der Waals surface area contributed by atoms with Crippen LogP contribution in [0.1, 0.15) is 29.6 Å². The fraction of sp³-hybridized carbons (Fsp3) is 0.333. The van der Waals surface area contributed by atoms with Gasteiger partial charge in [-0.1, -0.05) is 74.0 Å². The Bertz CT molecular complexity index is 1130. The number of benzene rings is 2. The van der Waals surface area contributed by atoms with Crippen molar-refractivity contribution in [3.63, 3.8) is 0 Å². The quantitative estimate of drug-likeness (QED) is 0.426. The van der Waals surface area contributed by atoms with Crippen LogP contribution in [0.5, 0.6) is 0 Å². The fourth-order valence-electron chi connectivity index (χ4n) is 3.95. The van der Waals surface area contributed by atoms with Crippen LogP contribution in [-0.4, -0.2) is 66.5 Å². The molecule has 9 heteroatoms. The number of rotatable bonds is 9. The molecular formula is C27H30N4O4S. The van der Waals surface area contributed by atoms with Crippen LogP contribution in [0.4, 0.5) is 4.79 Å². The van der Waals surface area contributed by atoms with Gasteiger partial charge in [0.05, 0.1) is 23.7 Å². The molecule has 2 heterocycles. The summed E-state index contributed by atoms with van der Waals surface area (Å²) in [4.78, 5) is 45.4. The minimum Gasteiger partial charge on any atom is -0.449 e. The van der Waals surface area contributed by atoms with Crippen molar-refractivity contribution in [1.82, 2.24) is 20.5 Å². The molecule has 1 fully saturated rings. The topological polar surface area (TPSA) is 101 Å². The molecular weight excluding hydrogens is 476 g/mol. The Morgan fingerprint density at radius 2 is 1.78 bits per heavy atom. The number of ketones is 1. The maximum Gasteiger partial charge on any atom is 0.410 e. The van der Waals surface area contributed by atoms with Crippen molar-refractivity contribution in [2.45, 2.75) is 25.8 Å². The van der Waals surface area contributed by atoms with Crippen LogP contribution in [0.3, 0.4) is 0 Å². The molecule has 2 aromatic carbocycles. The Morgan fingerprint density at radius 1 is 1.08 bits per heavy atom. The highest BCUT2D eigenvalue weighted by molar-refractivity contribution is 7.17. The summed E-state index contributed by atoms with van der Waals surface area (Å²) in [5.41, 5.74) is 2.60. The van der Waals surface area contributed by atoms with E-state index in [4.69, 9.17) is 4.74 Å². The van der Waals surface area contributed by atoms with Gasteiger partial charge in [0.25, 0.3) is 5.91 Å². The molecule has 0 spiro atoms. The number of hydrogen-bond donors (Lipinski definition) is 2. The minimum absolute atomic E-state index is 0.204. The van der Waals surface area contributed by atoms with Crippen LogP contribution >= 0.6 is 11.3 Å². The molecule has 1 atom stereocenters. The van der Waals surface area contributed by atoms with E-state index in [-0.39, 0.29) is 17.3 Å². The Morgan fingerprint density at radius 3 is 2.47 bits per heavy atom. The third kappa shape index (κ3) is 6.16. The predicted molar refractivity (Wildman–Crippen MR) is 140 cm³/mol. The number of amides is 2. The Hall–Kier alpha value is -3.56. The number of thiazole rings is 1. The largest absolute Gasteiger partial charge is 0.449 e. The van der Waals surface area contributed by atoms with Crippen molar-refractivity contribution in [3.8, 4) is 21.7 Å². The summed E-state index contributed by atoms with van der Waals surface area (Å²) in [5, 5.41) is 6.12. The number of ether oxygens (including phenoxy) is 1. The lowest BCUT2D eigenvalue weighted by atomic mass is 10.1. The zero-order valence-corrected chi connectivity index (χ0v) is 21.1. The average Bonchev–Trinajstić information content (AvgIpc) is 3.38. The summed E-state index contributed by atoms with van der Waals surface area (Å²) in [7, 11) is 0. The molecule has 3 aromatic rings. The molecule has 0 saturated carbocycles. The van der Waals surface area contributed by atoms with Crippen LogP contribution in [0.25, 0.3) is 21.7 Å². The van der Waals surface area contributed by atoms with Gasteiger partial charge in [0.1, 0.15) is 6.04 Å². The smallest absolute Gasteiger partial charge is 0.410 e. The molecule has 0 bridgehead atoms. The van der Waals surface area contributed by atoms with Crippen molar-refractivity contribution in [2.24, 2.45) is 0 Å². The molecule has 1 saturated heterocycles. The van der Waals surface area contributed by atoms with Crippen LogP contribution in [-0.2, 0) is 9.53 Å². The molecule has 36 heavy (non-hydrogen) atoms. The molecule has 1 aliphatic heterocycles. The summed E-state index contributed by atoms with van der Waals surface area (Å²) in [6.45, 7) is 3.43. The van der Waals surface area contributed by atoms with Crippen molar-refractivity contribution >= 4 is 29.1 Å². The molecule has 0 aliphatic carbocycles. The summed E-state index contributed by atoms with van der Waals surface area (Å²) < 4.78 is 5.31. The SMILES string of the molecule is CCCCOC(=O)N1CCNCC1C(=O)CNC(=O)c1nc(-c2ccccc2)c(-c2ccccc2)s1. The standard InChI is InChI=1S/C27H30N4O4S/c1-2-3-16-35-27(34)31-15-14-28-17-21(31)22(32)18-29-25(33)26-30-23(19-10-6-4-7-11-19)24(36-26)20-12-8-5-9-13-20/h4-13,21,28H,2-3,14-18H2,1H3,(H,29,33). The Kier molecular flexibility index (Phi) is 8.80. The molecule has 0 radical (unpaired) electrons. The minimum atomic E-state index is -0.691. The van der Waals surface area contributed by atoms with E-state index in [1.807, 2.05) is 67.6 Å². The highest BCUT2D eigenvalue weighted by Gasteiger charge is 2.33. The van der Waals surface area contributed by atoms with Gasteiger partial charge in [0, 0.05) is 25.2 Å². The lowest BCUT2D eigenvalue weighted by molar-refractivity contribution is -0.123. The van der Waals surface area contributed by atoms with Crippen LogP contribution in [0.2, 0.25) is 0 Å². The summed E-state index contributed by atoms with van der Waals surface area (Å²) in [5.74, 6) is -0.681. The number of piperazine rings is 1. The number of aromatic nitrogens is 1. The van der Waals surface area contributed by atoms with E-state index in [1.54, 1.807) is 0 Å². The highest BCUT2D eigenvalue weighted by atomic mass is 32.1. The Balaban J connectivity index is 1.46. The van der Waals surface area contributed by atoms with Gasteiger partial charge in [-0.15, -0.1) is 11.3 Å². The molecule has 1 aliphatic rings. The van der Waals surface area contributed by atoms with Gasteiger partial charge in [-0.25, -0.2) is 9.78 Å². The van der Waals surface area contributed by atoms with Gasteiger partial charge in [0.15, 0.2) is 10.8 Å². The lowest BCUT2D eigenvalue weighted by Crippen LogP contribution is -2.58. The second kappa shape index (κ2) is 12.4. The maximum absolute atomic E-state index is 13.0. The molecule has 1 unspecified atom stereocenters. The first-order valence-electron chi connectivity index (χ1n) is 12.1. The van der Waals surface area contributed by atoms with E-state index < -0.39 is 18.0 Å². The third-order valence-corrected chi connectivity index (χ3v) is 7.00. The average molecular weight is 507 g/mol. The van der Waals surface area contributed by atoms with E-state index in [0.717, 1.165) is 34.5 Å². The molecule has 4 rings (SSSR count). The second-order valence-electron chi connectivity index (χ2n) is 8.46. The van der Waals surface area contributed by atoms with Crippen molar-refractivity contribution in [1.29, 1.82) is 0 Å². The van der Waals surface area contributed by atoms with E-state index in [1.165, 1.54) is 16.2 Å². The maximum atomic E-state index is 13.0. The number of carbonyl (C=O) groups excluding carboxylic acids is 3. The van der Waals surface area contributed by atoms with Crippen LogP contribution in [0, 0.1) is 0 Å². The van der Waals surface area contributed by atoms with Gasteiger partial charge in [-0.05, 0) is 12.0 Å². The molecule has 1 aromatic heterocycles. The van der Waals surface area contributed by atoms with Crippen molar-refractivity contribution < 1.29 is 19.1 Å². The Labute approximate surface area is 214 Å². The third-order valence-electron chi connectivity index (χ3n) is 5.90. The first-order chi connectivity index (χ1) is 17.6. The number of Topliss-reactive ketones (excluding diaryl/α,β-unsaturated/α-hetero) is 1. The molecule has 8 nitrogen and oxygen atoms in total. The molecule has 2 amide bonds. The van der Waals surface area contributed by atoms with Gasteiger partial charge < -0.3 is 15.4 Å². The number of unbranched alkanes of at least 4 members (excludes halogenated alkanes) is 1. The fourth-order valence-corrected chi connectivity index (χ4v) is 4.96. The predicted octanol–water partition coefficient (Wildman–Crippen LogP) is 3.99. The van der Waals surface area contributed by atoms with Crippen molar-refractivity contribution in [2.75, 3.05) is 32.8 Å². The second-order valence-corrected chi connectivity index (χ2v) is 9.46. The van der Waals surface area contributed by atoms with E-state index in [2.05, 4.69) is 15.6 Å². The number of hydrogen-bond acceptors (Lipinski definition) is 7. The summed E-state index contributed by atoms with van der Waals surface area (Å²) in [6, 6.07) is 18.8. The number of carbonyl (C=O) groups is 3. The van der Waals surface area contributed by atoms with Gasteiger partial charge in [0.2, 0.25) is 0 Å². The van der Waals surface area contributed by atoms with Crippen molar-refractivity contribution in [3.05, 3.63) is 65.7 Å². The number of nitrogens with one attached hydrogen (secondary N) is 2. The summed E-state index contributed by atoms with van der Waals surface area (Å²) >= 11 is 1.29. The first kappa shape index (κ1) is 25.5. The molecule has 2 N–H and O–H groups in total. The van der Waals surface area contributed by atoms with Crippen LogP contribution < -0.4 is 10.6 Å². The van der Waals surface area contributed by atoms with E-state index in [9.17, 15) is 14.4 Å². The number of nitrogens with zero attached hydrogens (tertiary/aromatic N) is 2. The first-order valence-corrected chi connectivity index (χ1v) is 13.0. The van der Waals surface area contributed by atoms with E-state index in [0.29, 0.717) is 26.2 Å². The molecule has 188 valence electrons. The van der Waals surface area contributed by atoms with Gasteiger partial charge in [-0.3, -0.25) is 14.5 Å². The van der Waals surface area contributed by atoms with Crippen LogP contribution in [0.15, 0.2) is 60.7 Å². The van der Waals surface area contributed by atoms with E-state index >= 15 is 0 Å². The summed E-state index contributed by atoms with van der Waals surface area (Å²) in [6.07, 6.45) is 1.20. The normalized spacial score (nSPS) is 15.4.